The topological polar surface area (TPSA) is 107 Å². The molecule has 2 N–H and O–H groups in total. The molecule has 0 spiro atoms. The van der Waals surface area contributed by atoms with Crippen LogP contribution < -0.4 is 15.6 Å². The van der Waals surface area contributed by atoms with Crippen molar-refractivity contribution in [2.45, 2.75) is 30.9 Å². The van der Waals surface area contributed by atoms with Crippen molar-refractivity contribution < 1.29 is 9.53 Å². The van der Waals surface area contributed by atoms with E-state index >= 15 is 0 Å². The molecule has 11 heteroatoms. The molecule has 0 radical (unpaired) electrons. The number of carbonyl (C=O) groups is 1. The second-order valence-electron chi connectivity index (χ2n) is 7.49. The first-order valence-corrected chi connectivity index (χ1v) is 11.7. The molecule has 1 amide bonds. The lowest BCUT2D eigenvalue weighted by atomic mass is 10.3. The molecule has 9 nitrogen and oxygen atoms in total. The number of aromatic amines is 1. The van der Waals surface area contributed by atoms with Crippen molar-refractivity contribution in [3.8, 4) is 11.4 Å². The van der Waals surface area contributed by atoms with Gasteiger partial charge in [0.15, 0.2) is 5.82 Å². The third kappa shape index (κ3) is 5.18. The number of rotatable bonds is 8. The van der Waals surface area contributed by atoms with Gasteiger partial charge in [-0.15, -0.1) is 5.10 Å². The van der Waals surface area contributed by atoms with Crippen LogP contribution in [0.15, 0.2) is 64.5 Å². The minimum atomic E-state index is -0.537. The number of aromatic nitrogens is 5. The Kier molecular flexibility index (Phi) is 7.09. The number of halogens is 1. The standard InChI is InChI=1S/C23H23ClN6O3S/c1-14-20(22(32)30(29(14)3)17-7-5-4-6-8-17)26-21(31)15(2)34-23-25-19(27-28-23)13-33-18-11-9-16(24)10-12-18/h4-12,15H,13H2,1-3H3,(H,26,31)(H,25,27,28)/t15-/m0/s1. The highest BCUT2D eigenvalue weighted by Gasteiger charge is 2.22. The Bertz CT molecular complexity index is 1350. The van der Waals surface area contributed by atoms with Gasteiger partial charge in [0.2, 0.25) is 11.1 Å². The Morgan fingerprint density at radius 1 is 1.21 bits per heavy atom. The zero-order valence-electron chi connectivity index (χ0n) is 18.8. The van der Waals surface area contributed by atoms with Gasteiger partial charge in [0.05, 0.1) is 16.6 Å². The van der Waals surface area contributed by atoms with Crippen LogP contribution in [0.5, 0.6) is 5.75 Å². The first-order valence-electron chi connectivity index (χ1n) is 10.4. The van der Waals surface area contributed by atoms with Gasteiger partial charge in [-0.05, 0) is 50.2 Å². The van der Waals surface area contributed by atoms with Gasteiger partial charge in [-0.2, -0.15) is 0 Å². The van der Waals surface area contributed by atoms with Gasteiger partial charge < -0.3 is 10.1 Å². The van der Waals surface area contributed by atoms with Gasteiger partial charge in [0, 0.05) is 12.1 Å². The molecule has 0 aliphatic rings. The lowest BCUT2D eigenvalue weighted by molar-refractivity contribution is -0.115. The Morgan fingerprint density at radius 3 is 2.62 bits per heavy atom. The fraction of sp³-hybridized carbons (Fsp3) is 0.217. The molecule has 4 rings (SSSR count). The molecule has 0 aliphatic carbocycles. The highest BCUT2D eigenvalue weighted by Crippen LogP contribution is 2.22. The number of anilines is 1. The van der Waals surface area contributed by atoms with Crippen LogP contribution in [0.1, 0.15) is 18.4 Å². The zero-order chi connectivity index (χ0) is 24.2. The average Bonchev–Trinajstić information content (AvgIpc) is 3.36. The van der Waals surface area contributed by atoms with E-state index in [1.165, 1.54) is 16.4 Å². The Balaban J connectivity index is 1.39. The number of para-hydroxylation sites is 1. The molecule has 34 heavy (non-hydrogen) atoms. The lowest BCUT2D eigenvalue weighted by Gasteiger charge is -2.09. The summed E-state index contributed by atoms with van der Waals surface area (Å²) in [5, 5.41) is 10.2. The van der Waals surface area contributed by atoms with E-state index in [0.29, 0.717) is 27.4 Å². The number of hydrogen-bond acceptors (Lipinski definition) is 6. The van der Waals surface area contributed by atoms with Crippen molar-refractivity contribution in [3.05, 3.63) is 81.5 Å². The molecular formula is C23H23ClN6O3S. The number of benzene rings is 2. The van der Waals surface area contributed by atoms with Crippen molar-refractivity contribution >= 4 is 35.0 Å². The van der Waals surface area contributed by atoms with Crippen molar-refractivity contribution in [2.24, 2.45) is 7.05 Å². The number of thioether (sulfide) groups is 1. The predicted molar refractivity (Wildman–Crippen MR) is 132 cm³/mol. The molecule has 2 aromatic carbocycles. The summed E-state index contributed by atoms with van der Waals surface area (Å²) in [4.78, 5) is 30.2. The summed E-state index contributed by atoms with van der Waals surface area (Å²) in [6.07, 6.45) is 0. The van der Waals surface area contributed by atoms with Crippen molar-refractivity contribution in [3.63, 3.8) is 0 Å². The number of H-pyrrole nitrogens is 1. The summed E-state index contributed by atoms with van der Waals surface area (Å²) >= 11 is 7.05. The van der Waals surface area contributed by atoms with Gasteiger partial charge in [-0.3, -0.25) is 19.4 Å². The molecule has 2 aromatic heterocycles. The summed E-state index contributed by atoms with van der Waals surface area (Å²) in [5.41, 5.74) is 1.32. The minimum Gasteiger partial charge on any atom is -0.486 e. The molecule has 0 unspecified atom stereocenters. The molecule has 0 bridgehead atoms. The molecule has 0 fully saturated rings. The van der Waals surface area contributed by atoms with E-state index in [0.717, 1.165) is 5.69 Å². The van der Waals surface area contributed by atoms with Crippen LogP contribution in [0.25, 0.3) is 5.69 Å². The third-order valence-corrected chi connectivity index (χ3v) is 6.37. The van der Waals surface area contributed by atoms with Crippen molar-refractivity contribution in [1.82, 2.24) is 24.5 Å². The second kappa shape index (κ2) is 10.2. The van der Waals surface area contributed by atoms with Crippen LogP contribution in [-0.2, 0) is 18.4 Å². The normalized spacial score (nSPS) is 11.9. The van der Waals surface area contributed by atoms with Gasteiger partial charge in [0.25, 0.3) is 5.56 Å². The third-order valence-electron chi connectivity index (χ3n) is 5.15. The Labute approximate surface area is 205 Å². The van der Waals surface area contributed by atoms with Crippen LogP contribution >= 0.6 is 23.4 Å². The summed E-state index contributed by atoms with van der Waals surface area (Å²) in [6.45, 7) is 3.71. The van der Waals surface area contributed by atoms with E-state index in [4.69, 9.17) is 16.3 Å². The fourth-order valence-corrected chi connectivity index (χ4v) is 4.10. The molecular weight excluding hydrogens is 476 g/mol. The number of nitrogens with zero attached hydrogens (tertiary/aromatic N) is 4. The average molecular weight is 499 g/mol. The smallest absolute Gasteiger partial charge is 0.295 e. The molecule has 0 aliphatic heterocycles. The SMILES string of the molecule is Cc1c(NC(=O)[C@H](C)Sc2n[nH]c(COc3ccc(Cl)cc3)n2)c(=O)n(-c2ccccc2)n1C. The number of hydrogen-bond donors (Lipinski definition) is 2. The van der Waals surface area contributed by atoms with Crippen LogP contribution in [0.3, 0.4) is 0 Å². The van der Waals surface area contributed by atoms with E-state index in [1.807, 2.05) is 30.3 Å². The number of nitrogens with one attached hydrogen (secondary N) is 2. The van der Waals surface area contributed by atoms with Crippen molar-refractivity contribution in [2.75, 3.05) is 5.32 Å². The van der Waals surface area contributed by atoms with Gasteiger partial charge in [-0.25, -0.2) is 9.67 Å². The van der Waals surface area contributed by atoms with Gasteiger partial charge >= 0.3 is 0 Å². The van der Waals surface area contributed by atoms with Gasteiger partial charge in [-0.1, -0.05) is 41.6 Å². The predicted octanol–water partition coefficient (Wildman–Crippen LogP) is 3.95. The van der Waals surface area contributed by atoms with E-state index in [1.54, 1.807) is 49.8 Å². The molecule has 0 saturated heterocycles. The highest BCUT2D eigenvalue weighted by atomic mass is 35.5. The molecule has 0 saturated carbocycles. The summed E-state index contributed by atoms with van der Waals surface area (Å²) in [7, 11) is 1.78. The number of amides is 1. The Hall–Kier alpha value is -3.50. The number of ether oxygens (including phenoxy) is 1. The first-order chi connectivity index (χ1) is 16.3. The monoisotopic (exact) mass is 498 g/mol. The lowest BCUT2D eigenvalue weighted by Crippen LogP contribution is -2.27. The van der Waals surface area contributed by atoms with Crippen LogP contribution in [0.4, 0.5) is 5.69 Å². The van der Waals surface area contributed by atoms with E-state index in [9.17, 15) is 9.59 Å². The number of carbonyl (C=O) groups excluding carboxylic acids is 1. The maximum Gasteiger partial charge on any atom is 0.295 e. The quantitative estimate of drug-likeness (QED) is 0.356. The largest absolute Gasteiger partial charge is 0.486 e. The maximum absolute atomic E-state index is 13.0. The molecule has 4 aromatic rings. The van der Waals surface area contributed by atoms with Crippen LogP contribution in [0.2, 0.25) is 5.02 Å². The minimum absolute atomic E-state index is 0.192. The van der Waals surface area contributed by atoms with Gasteiger partial charge in [0.1, 0.15) is 18.0 Å². The van der Waals surface area contributed by atoms with Crippen LogP contribution in [-0.4, -0.2) is 35.7 Å². The Morgan fingerprint density at radius 2 is 1.91 bits per heavy atom. The highest BCUT2D eigenvalue weighted by molar-refractivity contribution is 8.00. The molecule has 1 atom stereocenters. The summed E-state index contributed by atoms with van der Waals surface area (Å²) in [6, 6.07) is 16.3. The van der Waals surface area contributed by atoms with Crippen molar-refractivity contribution in [1.29, 1.82) is 0 Å². The zero-order valence-corrected chi connectivity index (χ0v) is 20.4. The second-order valence-corrected chi connectivity index (χ2v) is 9.24. The van der Waals surface area contributed by atoms with E-state index < -0.39 is 5.25 Å². The van der Waals surface area contributed by atoms with Crippen LogP contribution in [0, 0.1) is 6.92 Å². The summed E-state index contributed by atoms with van der Waals surface area (Å²) in [5.74, 6) is 0.858. The van der Waals surface area contributed by atoms with E-state index in [-0.39, 0.29) is 23.8 Å². The summed E-state index contributed by atoms with van der Waals surface area (Å²) < 4.78 is 8.88. The molecule has 176 valence electrons. The fourth-order valence-electron chi connectivity index (χ4n) is 3.23. The maximum atomic E-state index is 13.0. The first kappa shape index (κ1) is 23.7. The molecule has 2 heterocycles. The van der Waals surface area contributed by atoms with E-state index in [2.05, 4.69) is 20.5 Å².